The highest BCUT2D eigenvalue weighted by molar-refractivity contribution is 8.02. The molecule has 0 heterocycles. The van der Waals surface area contributed by atoms with Gasteiger partial charge in [0, 0.05) is 0 Å². The minimum atomic E-state index is 1.25. The van der Waals surface area contributed by atoms with Crippen molar-refractivity contribution in [1.29, 1.82) is 0 Å². The second-order valence-electron chi connectivity index (χ2n) is 1.34. The maximum atomic E-state index is 2.19. The van der Waals surface area contributed by atoms with Crippen molar-refractivity contribution in [2.24, 2.45) is 0 Å². The van der Waals surface area contributed by atoms with Gasteiger partial charge in [-0.05, 0) is 24.5 Å². The fourth-order valence-corrected chi connectivity index (χ4v) is 0.846. The Morgan fingerprint density at radius 2 is 2.29 bits per heavy atom. The average Bonchev–Trinajstić information content (AvgIpc) is 1.69. The van der Waals surface area contributed by atoms with Crippen LogP contribution in [0.4, 0.5) is 0 Å². The first-order chi connectivity index (χ1) is 3.41. The normalized spacial score (nSPS) is 10.6. The lowest BCUT2D eigenvalue weighted by Gasteiger charge is -1.84. The molecule has 0 fully saturated rings. The Balaban J connectivity index is 2.69. The third-order valence-corrected chi connectivity index (χ3v) is 1.66. The summed E-state index contributed by atoms with van der Waals surface area (Å²) in [6.45, 7) is 4.24. The van der Waals surface area contributed by atoms with Crippen molar-refractivity contribution in [3.05, 3.63) is 11.5 Å². The summed E-state index contributed by atoms with van der Waals surface area (Å²) in [5.41, 5.74) is 0. The van der Waals surface area contributed by atoms with Crippen molar-refractivity contribution in [2.75, 3.05) is 5.75 Å². The number of hydrogen-bond donors (Lipinski definition) is 0. The Hall–Kier alpha value is 0.0900. The monoisotopic (exact) mass is 116 g/mol. The number of thioether (sulfide) groups is 1. The zero-order chi connectivity index (χ0) is 5.54. The van der Waals surface area contributed by atoms with Crippen LogP contribution < -0.4 is 0 Å². The zero-order valence-corrected chi connectivity index (χ0v) is 5.79. The molecule has 0 saturated heterocycles. The van der Waals surface area contributed by atoms with E-state index in [1.165, 1.54) is 12.2 Å². The highest BCUT2D eigenvalue weighted by Crippen LogP contribution is 2.01. The number of hydrogen-bond acceptors (Lipinski definition) is 1. The summed E-state index contributed by atoms with van der Waals surface area (Å²) in [6, 6.07) is 0. The fourth-order valence-electron chi connectivity index (χ4n) is 0.282. The molecule has 0 aliphatic carbocycles. The summed E-state index contributed by atoms with van der Waals surface area (Å²) in [5, 5.41) is 2.13. The first kappa shape index (κ1) is 7.09. The van der Waals surface area contributed by atoms with E-state index in [4.69, 9.17) is 0 Å². The van der Waals surface area contributed by atoms with Crippen LogP contribution in [0.15, 0.2) is 11.5 Å². The molecule has 0 amide bonds. The van der Waals surface area contributed by atoms with E-state index in [-0.39, 0.29) is 0 Å². The molecular weight excluding hydrogens is 104 g/mol. The Kier molecular flexibility index (Phi) is 6.17. The number of allylic oxidation sites excluding steroid dienone is 1. The van der Waals surface area contributed by atoms with Crippen molar-refractivity contribution in [1.82, 2.24) is 0 Å². The fraction of sp³-hybridized carbons (Fsp3) is 0.667. The predicted molar refractivity (Wildman–Crippen MR) is 37.6 cm³/mol. The molecule has 0 spiro atoms. The van der Waals surface area contributed by atoms with Crippen LogP contribution in [0.2, 0.25) is 0 Å². The Labute approximate surface area is 50.0 Å². The van der Waals surface area contributed by atoms with Crippen LogP contribution in [0, 0.1) is 0 Å². The summed E-state index contributed by atoms with van der Waals surface area (Å²) in [6.07, 6.45) is 3.34. The van der Waals surface area contributed by atoms with Gasteiger partial charge in [-0.15, -0.1) is 11.8 Å². The lowest BCUT2D eigenvalue weighted by molar-refractivity contribution is 1.11. The molecule has 0 aromatic heterocycles. The molecule has 0 aliphatic heterocycles. The van der Waals surface area contributed by atoms with Crippen molar-refractivity contribution in [3.63, 3.8) is 0 Å². The van der Waals surface area contributed by atoms with E-state index in [0.717, 1.165) is 0 Å². The molecule has 42 valence electrons. The quantitative estimate of drug-likeness (QED) is 0.511. The highest BCUT2D eigenvalue weighted by Gasteiger charge is 1.72. The lowest BCUT2D eigenvalue weighted by atomic mass is 10.6. The van der Waals surface area contributed by atoms with Crippen LogP contribution in [-0.2, 0) is 0 Å². The smallest absolute Gasteiger partial charge is 0.00287 e. The molecule has 0 nitrogen and oxygen atoms in total. The van der Waals surface area contributed by atoms with Gasteiger partial charge in [0.05, 0.1) is 0 Å². The van der Waals surface area contributed by atoms with Gasteiger partial charge in [0.1, 0.15) is 0 Å². The van der Waals surface area contributed by atoms with E-state index in [2.05, 4.69) is 18.4 Å². The van der Waals surface area contributed by atoms with Gasteiger partial charge in [-0.1, -0.05) is 13.0 Å². The van der Waals surface area contributed by atoms with Crippen molar-refractivity contribution >= 4 is 11.8 Å². The second-order valence-corrected chi connectivity index (χ2v) is 2.35. The summed E-state index contributed by atoms with van der Waals surface area (Å²) in [7, 11) is 0. The van der Waals surface area contributed by atoms with E-state index in [1.54, 1.807) is 0 Å². The molecule has 0 unspecified atom stereocenters. The van der Waals surface area contributed by atoms with Crippen molar-refractivity contribution in [3.8, 4) is 0 Å². The van der Waals surface area contributed by atoms with Gasteiger partial charge in [0.25, 0.3) is 0 Å². The van der Waals surface area contributed by atoms with Crippen molar-refractivity contribution in [2.45, 2.75) is 20.3 Å². The third kappa shape index (κ3) is 6.09. The topological polar surface area (TPSA) is 0 Å². The van der Waals surface area contributed by atoms with Gasteiger partial charge >= 0.3 is 0 Å². The lowest BCUT2D eigenvalue weighted by Crippen LogP contribution is -1.65. The summed E-state index contributed by atoms with van der Waals surface area (Å²) in [4.78, 5) is 0. The van der Waals surface area contributed by atoms with Gasteiger partial charge in [-0.3, -0.25) is 0 Å². The van der Waals surface area contributed by atoms with E-state index in [0.29, 0.717) is 0 Å². The van der Waals surface area contributed by atoms with E-state index >= 15 is 0 Å². The maximum absolute atomic E-state index is 2.19. The van der Waals surface area contributed by atoms with Gasteiger partial charge < -0.3 is 0 Å². The molecule has 0 atom stereocenters. The summed E-state index contributed by atoms with van der Waals surface area (Å²) in [5.74, 6) is 1.25. The highest BCUT2D eigenvalue weighted by atomic mass is 32.2. The van der Waals surface area contributed by atoms with Gasteiger partial charge in [0.2, 0.25) is 0 Å². The third-order valence-electron chi connectivity index (χ3n) is 0.554. The first-order valence-corrected chi connectivity index (χ1v) is 3.69. The Morgan fingerprint density at radius 3 is 2.71 bits per heavy atom. The van der Waals surface area contributed by atoms with Crippen LogP contribution in [0.3, 0.4) is 0 Å². The van der Waals surface area contributed by atoms with E-state index in [9.17, 15) is 0 Å². The van der Waals surface area contributed by atoms with Crippen LogP contribution in [0.1, 0.15) is 20.3 Å². The van der Waals surface area contributed by atoms with Crippen LogP contribution in [-0.4, -0.2) is 5.75 Å². The van der Waals surface area contributed by atoms with Gasteiger partial charge in [-0.2, -0.15) is 0 Å². The molecular formula is C6H12S. The standard InChI is InChI=1S/C6H12S/c1-3-5-7-6-4-2/h3,5H,4,6H2,1-2H3/b5-3+. The Bertz CT molecular complexity index is 48.1. The zero-order valence-electron chi connectivity index (χ0n) is 4.98. The molecule has 1 heteroatoms. The summed E-state index contributed by atoms with van der Waals surface area (Å²) >= 11 is 1.87. The van der Waals surface area contributed by atoms with Gasteiger partial charge in [0.15, 0.2) is 0 Å². The largest absolute Gasteiger partial charge is 0.134 e. The minimum absolute atomic E-state index is 1.25. The van der Waals surface area contributed by atoms with Crippen LogP contribution in [0.5, 0.6) is 0 Å². The average molecular weight is 116 g/mol. The molecule has 0 aliphatic rings. The molecule has 0 aromatic rings. The molecule has 0 saturated carbocycles. The SMILES string of the molecule is C/C=C/SCCC. The van der Waals surface area contributed by atoms with Crippen LogP contribution in [0.25, 0.3) is 0 Å². The Morgan fingerprint density at radius 1 is 1.57 bits per heavy atom. The van der Waals surface area contributed by atoms with Crippen molar-refractivity contribution < 1.29 is 0 Å². The van der Waals surface area contributed by atoms with Gasteiger partial charge in [-0.25, -0.2) is 0 Å². The van der Waals surface area contributed by atoms with Crippen LogP contribution >= 0.6 is 11.8 Å². The van der Waals surface area contributed by atoms with E-state index < -0.39 is 0 Å². The molecule has 0 rings (SSSR count). The molecule has 7 heavy (non-hydrogen) atoms. The maximum Gasteiger partial charge on any atom is -0.00287 e. The minimum Gasteiger partial charge on any atom is -0.134 e. The molecule has 0 aromatic carbocycles. The molecule has 0 N–H and O–H groups in total. The first-order valence-electron chi connectivity index (χ1n) is 2.64. The molecule has 0 bridgehead atoms. The summed E-state index contributed by atoms with van der Waals surface area (Å²) < 4.78 is 0. The second kappa shape index (κ2) is 6.09. The van der Waals surface area contributed by atoms with E-state index in [1.807, 2.05) is 18.7 Å². The predicted octanol–water partition coefficient (Wildman–Crippen LogP) is 2.66. The molecule has 0 radical (unpaired) electrons. The number of rotatable bonds is 3.